The maximum absolute atomic E-state index is 12.0. The Hall–Kier alpha value is -1.04. The standard InChI is InChI=1S/C13H22N4OS/c1-10(19-13-16-15-9-17(13)2)12(18)14-8-11-6-4-3-5-7-11/h9-11H,3-8H2,1-2H3,(H,14,18). The van der Waals surface area contributed by atoms with Crippen molar-refractivity contribution in [3.8, 4) is 0 Å². The van der Waals surface area contributed by atoms with E-state index in [1.54, 1.807) is 6.33 Å². The summed E-state index contributed by atoms with van der Waals surface area (Å²) in [5.41, 5.74) is 0. The lowest BCUT2D eigenvalue weighted by molar-refractivity contribution is -0.120. The molecular weight excluding hydrogens is 260 g/mol. The summed E-state index contributed by atoms with van der Waals surface area (Å²) < 4.78 is 1.83. The molecule has 1 N–H and O–H groups in total. The highest BCUT2D eigenvalue weighted by atomic mass is 32.2. The van der Waals surface area contributed by atoms with Crippen LogP contribution in [0.5, 0.6) is 0 Å². The van der Waals surface area contributed by atoms with E-state index in [-0.39, 0.29) is 11.2 Å². The molecule has 1 saturated carbocycles. The molecule has 19 heavy (non-hydrogen) atoms. The van der Waals surface area contributed by atoms with Crippen LogP contribution >= 0.6 is 11.8 Å². The Morgan fingerprint density at radius 3 is 2.89 bits per heavy atom. The second kappa shape index (κ2) is 6.93. The molecule has 6 heteroatoms. The van der Waals surface area contributed by atoms with Crippen molar-refractivity contribution in [2.75, 3.05) is 6.54 Å². The largest absolute Gasteiger partial charge is 0.355 e. The Bertz CT molecular complexity index is 415. The fourth-order valence-corrected chi connectivity index (χ4v) is 3.19. The number of thioether (sulfide) groups is 1. The first-order chi connectivity index (χ1) is 9.16. The Labute approximate surface area is 118 Å². The summed E-state index contributed by atoms with van der Waals surface area (Å²) in [6.45, 7) is 2.73. The van der Waals surface area contributed by atoms with Crippen LogP contribution in [0.15, 0.2) is 11.5 Å². The topological polar surface area (TPSA) is 59.8 Å². The molecular formula is C13H22N4OS. The minimum atomic E-state index is -0.133. The third-order valence-corrected chi connectivity index (χ3v) is 4.76. The molecule has 5 nitrogen and oxygen atoms in total. The normalized spacial score (nSPS) is 18.2. The number of carbonyl (C=O) groups is 1. The number of aromatic nitrogens is 3. The van der Waals surface area contributed by atoms with Crippen LogP contribution in [-0.2, 0) is 11.8 Å². The molecule has 1 amide bonds. The molecule has 1 heterocycles. The average molecular weight is 282 g/mol. The zero-order valence-electron chi connectivity index (χ0n) is 11.6. The Morgan fingerprint density at radius 1 is 1.53 bits per heavy atom. The van der Waals surface area contributed by atoms with E-state index in [1.165, 1.54) is 43.9 Å². The zero-order chi connectivity index (χ0) is 13.7. The van der Waals surface area contributed by atoms with E-state index in [2.05, 4.69) is 15.5 Å². The summed E-state index contributed by atoms with van der Waals surface area (Å²) >= 11 is 1.45. The summed E-state index contributed by atoms with van der Waals surface area (Å²) in [5, 5.41) is 11.5. The summed E-state index contributed by atoms with van der Waals surface area (Å²) in [5.74, 6) is 0.767. The van der Waals surface area contributed by atoms with Crippen molar-refractivity contribution >= 4 is 17.7 Å². The molecule has 0 bridgehead atoms. The first kappa shape index (κ1) is 14.4. The van der Waals surface area contributed by atoms with Gasteiger partial charge in [0.05, 0.1) is 5.25 Å². The van der Waals surface area contributed by atoms with Crippen molar-refractivity contribution in [2.45, 2.75) is 49.4 Å². The van der Waals surface area contributed by atoms with Gasteiger partial charge in [0.15, 0.2) is 5.16 Å². The molecule has 0 spiro atoms. The lowest BCUT2D eigenvalue weighted by atomic mass is 9.89. The Morgan fingerprint density at radius 2 is 2.26 bits per heavy atom. The van der Waals surface area contributed by atoms with Gasteiger partial charge in [-0.15, -0.1) is 10.2 Å². The van der Waals surface area contributed by atoms with Crippen molar-refractivity contribution in [2.24, 2.45) is 13.0 Å². The Kier molecular flexibility index (Phi) is 5.24. The van der Waals surface area contributed by atoms with Crippen molar-refractivity contribution in [1.82, 2.24) is 20.1 Å². The summed E-state index contributed by atoms with van der Waals surface area (Å²) in [6, 6.07) is 0. The number of hydrogen-bond donors (Lipinski definition) is 1. The van der Waals surface area contributed by atoms with Gasteiger partial charge in [0.2, 0.25) is 5.91 Å². The van der Waals surface area contributed by atoms with Crippen molar-refractivity contribution in [3.05, 3.63) is 6.33 Å². The summed E-state index contributed by atoms with van der Waals surface area (Å²) in [6.07, 6.45) is 8.13. The van der Waals surface area contributed by atoms with E-state index in [0.717, 1.165) is 11.7 Å². The fourth-order valence-electron chi connectivity index (χ4n) is 2.37. The molecule has 0 aromatic carbocycles. The van der Waals surface area contributed by atoms with Crippen LogP contribution < -0.4 is 5.32 Å². The molecule has 1 aromatic rings. The van der Waals surface area contributed by atoms with E-state index >= 15 is 0 Å². The molecule has 2 rings (SSSR count). The van der Waals surface area contributed by atoms with E-state index in [4.69, 9.17) is 0 Å². The molecule has 0 radical (unpaired) electrons. The number of nitrogens with zero attached hydrogens (tertiary/aromatic N) is 3. The summed E-state index contributed by atoms with van der Waals surface area (Å²) in [7, 11) is 1.88. The SMILES string of the molecule is CC(Sc1nncn1C)C(=O)NCC1CCCCC1. The van der Waals surface area contributed by atoms with Gasteiger partial charge in [-0.1, -0.05) is 31.0 Å². The van der Waals surface area contributed by atoms with E-state index < -0.39 is 0 Å². The highest BCUT2D eigenvalue weighted by Crippen LogP contribution is 2.23. The maximum atomic E-state index is 12.0. The molecule has 1 aliphatic rings. The van der Waals surface area contributed by atoms with Crippen LogP contribution in [0.3, 0.4) is 0 Å². The number of rotatable bonds is 5. The predicted octanol–water partition coefficient (Wildman–Crippen LogP) is 1.99. The van der Waals surface area contributed by atoms with Gasteiger partial charge in [0.1, 0.15) is 6.33 Å². The molecule has 1 aromatic heterocycles. The number of aryl methyl sites for hydroxylation is 1. The fraction of sp³-hybridized carbons (Fsp3) is 0.769. The van der Waals surface area contributed by atoms with Gasteiger partial charge in [-0.3, -0.25) is 4.79 Å². The third kappa shape index (κ3) is 4.23. The van der Waals surface area contributed by atoms with E-state index in [0.29, 0.717) is 5.92 Å². The highest BCUT2D eigenvalue weighted by Gasteiger charge is 2.19. The van der Waals surface area contributed by atoms with E-state index in [1.807, 2.05) is 18.5 Å². The van der Waals surface area contributed by atoms with Gasteiger partial charge >= 0.3 is 0 Å². The first-order valence-corrected chi connectivity index (χ1v) is 7.83. The van der Waals surface area contributed by atoms with Gasteiger partial charge in [0.25, 0.3) is 0 Å². The lowest BCUT2D eigenvalue weighted by Crippen LogP contribution is -2.35. The molecule has 106 valence electrons. The van der Waals surface area contributed by atoms with Crippen LogP contribution in [0.4, 0.5) is 0 Å². The number of carbonyl (C=O) groups excluding carboxylic acids is 1. The van der Waals surface area contributed by atoms with Gasteiger partial charge in [-0.25, -0.2) is 0 Å². The molecule has 1 fully saturated rings. The van der Waals surface area contributed by atoms with Crippen LogP contribution in [0.1, 0.15) is 39.0 Å². The summed E-state index contributed by atoms with van der Waals surface area (Å²) in [4.78, 5) is 12.0. The first-order valence-electron chi connectivity index (χ1n) is 6.95. The monoisotopic (exact) mass is 282 g/mol. The van der Waals surface area contributed by atoms with Crippen molar-refractivity contribution < 1.29 is 4.79 Å². The molecule has 1 aliphatic carbocycles. The number of amides is 1. The average Bonchev–Trinajstić information content (AvgIpc) is 2.82. The lowest BCUT2D eigenvalue weighted by Gasteiger charge is -2.22. The van der Waals surface area contributed by atoms with Crippen LogP contribution in [0.25, 0.3) is 0 Å². The molecule has 0 aliphatic heterocycles. The second-order valence-corrected chi connectivity index (χ2v) is 6.54. The molecule has 1 unspecified atom stereocenters. The van der Waals surface area contributed by atoms with Gasteiger partial charge in [0, 0.05) is 13.6 Å². The second-order valence-electron chi connectivity index (χ2n) is 5.23. The van der Waals surface area contributed by atoms with Gasteiger partial charge in [-0.05, 0) is 25.7 Å². The predicted molar refractivity (Wildman–Crippen MR) is 75.9 cm³/mol. The number of nitrogens with one attached hydrogen (secondary N) is 1. The Balaban J connectivity index is 1.74. The maximum Gasteiger partial charge on any atom is 0.233 e. The molecule has 1 atom stereocenters. The van der Waals surface area contributed by atoms with Crippen molar-refractivity contribution in [1.29, 1.82) is 0 Å². The molecule has 0 saturated heterocycles. The zero-order valence-corrected chi connectivity index (χ0v) is 12.4. The van der Waals surface area contributed by atoms with Gasteiger partial charge in [-0.2, -0.15) is 0 Å². The quantitative estimate of drug-likeness (QED) is 0.839. The smallest absolute Gasteiger partial charge is 0.233 e. The highest BCUT2D eigenvalue weighted by molar-refractivity contribution is 8.00. The van der Waals surface area contributed by atoms with Crippen LogP contribution in [0.2, 0.25) is 0 Å². The minimum absolute atomic E-state index is 0.0959. The third-order valence-electron chi connectivity index (χ3n) is 3.61. The van der Waals surface area contributed by atoms with Crippen molar-refractivity contribution in [3.63, 3.8) is 0 Å². The number of hydrogen-bond acceptors (Lipinski definition) is 4. The van der Waals surface area contributed by atoms with Crippen LogP contribution in [0, 0.1) is 5.92 Å². The van der Waals surface area contributed by atoms with Gasteiger partial charge < -0.3 is 9.88 Å². The van der Waals surface area contributed by atoms with Crippen LogP contribution in [-0.4, -0.2) is 32.5 Å². The minimum Gasteiger partial charge on any atom is -0.355 e. The van der Waals surface area contributed by atoms with E-state index in [9.17, 15) is 4.79 Å².